The van der Waals surface area contributed by atoms with Crippen LogP contribution in [-0.2, 0) is 23.1 Å². The molecule has 2 heterocycles. The van der Waals surface area contributed by atoms with Gasteiger partial charge in [-0.15, -0.1) is 22.7 Å². The summed E-state index contributed by atoms with van der Waals surface area (Å²) in [6, 6.07) is 1.51. The number of hydrogen-bond acceptors (Lipinski definition) is 6. The van der Waals surface area contributed by atoms with Crippen molar-refractivity contribution in [1.82, 2.24) is 9.71 Å². The Labute approximate surface area is 120 Å². The summed E-state index contributed by atoms with van der Waals surface area (Å²) < 4.78 is 26.6. The number of aryl methyl sites for hydroxylation is 1. The van der Waals surface area contributed by atoms with Gasteiger partial charge in [0, 0.05) is 28.9 Å². The highest BCUT2D eigenvalue weighted by Crippen LogP contribution is 2.21. The van der Waals surface area contributed by atoms with Crippen molar-refractivity contribution < 1.29 is 13.5 Å². The highest BCUT2D eigenvalue weighted by Gasteiger charge is 2.18. The molecule has 0 atom stereocenters. The molecule has 0 unspecified atom stereocenters. The zero-order valence-corrected chi connectivity index (χ0v) is 12.7. The van der Waals surface area contributed by atoms with Gasteiger partial charge in [-0.3, -0.25) is 0 Å². The monoisotopic (exact) mass is 318 g/mol. The number of hydrogen-bond donors (Lipinski definition) is 2. The summed E-state index contributed by atoms with van der Waals surface area (Å²) >= 11 is 2.75. The number of rotatable bonds is 6. The molecule has 0 aromatic carbocycles. The molecular weight excluding hydrogens is 304 g/mol. The Bertz CT molecular complexity index is 646. The quantitative estimate of drug-likeness (QED) is 0.846. The fraction of sp³-hybridized carbons (Fsp3) is 0.364. The van der Waals surface area contributed by atoms with E-state index in [0.29, 0.717) is 17.8 Å². The lowest BCUT2D eigenvalue weighted by Gasteiger charge is -2.05. The highest BCUT2D eigenvalue weighted by molar-refractivity contribution is 7.89. The minimum absolute atomic E-state index is 0.162. The van der Waals surface area contributed by atoms with Gasteiger partial charge in [-0.2, -0.15) is 0 Å². The van der Waals surface area contributed by atoms with Crippen LogP contribution < -0.4 is 4.72 Å². The Morgan fingerprint density at radius 1 is 1.42 bits per heavy atom. The van der Waals surface area contributed by atoms with Crippen LogP contribution in [0.4, 0.5) is 0 Å². The van der Waals surface area contributed by atoms with Crippen LogP contribution in [0.2, 0.25) is 0 Å². The van der Waals surface area contributed by atoms with Gasteiger partial charge in [0.25, 0.3) is 0 Å². The summed E-state index contributed by atoms with van der Waals surface area (Å²) in [5, 5.41) is 13.6. The summed E-state index contributed by atoms with van der Waals surface area (Å²) in [6.45, 7) is 1.94. The summed E-state index contributed by atoms with van der Waals surface area (Å²) in [5.74, 6) is 0. The van der Waals surface area contributed by atoms with E-state index in [0.717, 1.165) is 10.7 Å². The first kappa shape index (κ1) is 14.6. The molecule has 8 heteroatoms. The van der Waals surface area contributed by atoms with Gasteiger partial charge in [0.2, 0.25) is 10.0 Å². The molecule has 0 aliphatic carbocycles. The Morgan fingerprint density at radius 3 is 2.84 bits per heavy atom. The van der Waals surface area contributed by atoms with Gasteiger partial charge in [-0.1, -0.05) is 0 Å². The maximum Gasteiger partial charge on any atom is 0.241 e. The fourth-order valence-corrected chi connectivity index (χ4v) is 4.67. The Morgan fingerprint density at radius 2 is 2.21 bits per heavy atom. The summed E-state index contributed by atoms with van der Waals surface area (Å²) in [4.78, 5) is 4.89. The van der Waals surface area contributed by atoms with Crippen LogP contribution in [0.5, 0.6) is 0 Å². The molecule has 0 saturated carbocycles. The Balaban J connectivity index is 1.98. The maximum absolute atomic E-state index is 12.0. The molecule has 0 aliphatic rings. The van der Waals surface area contributed by atoms with Gasteiger partial charge >= 0.3 is 0 Å². The van der Waals surface area contributed by atoms with E-state index in [1.54, 1.807) is 5.38 Å². The van der Waals surface area contributed by atoms with Crippen LogP contribution in [0.15, 0.2) is 21.7 Å². The van der Waals surface area contributed by atoms with Crippen LogP contribution in [0.1, 0.15) is 15.6 Å². The molecule has 0 saturated heterocycles. The van der Waals surface area contributed by atoms with Crippen molar-refractivity contribution in [2.45, 2.75) is 24.8 Å². The van der Waals surface area contributed by atoms with Gasteiger partial charge in [0.1, 0.15) is 0 Å². The Hall–Kier alpha value is -0.800. The second-order valence-corrected chi connectivity index (χ2v) is 7.58. The lowest BCUT2D eigenvalue weighted by atomic mass is 10.4. The number of thiophene rings is 1. The topological polar surface area (TPSA) is 79.3 Å². The second kappa shape index (κ2) is 6.10. The van der Waals surface area contributed by atoms with E-state index in [2.05, 4.69) is 9.71 Å². The van der Waals surface area contributed by atoms with Crippen LogP contribution >= 0.6 is 22.7 Å². The normalized spacial score (nSPS) is 11.9. The predicted molar refractivity (Wildman–Crippen MR) is 76.0 cm³/mol. The minimum Gasteiger partial charge on any atom is -0.391 e. The lowest BCUT2D eigenvalue weighted by Crippen LogP contribution is -2.26. The molecule has 0 radical (unpaired) electrons. The first-order valence-corrected chi connectivity index (χ1v) is 8.85. The third kappa shape index (κ3) is 3.61. The van der Waals surface area contributed by atoms with E-state index in [9.17, 15) is 8.42 Å². The minimum atomic E-state index is -3.55. The van der Waals surface area contributed by atoms with E-state index in [1.807, 2.05) is 12.3 Å². The number of sulfonamides is 1. The molecule has 19 heavy (non-hydrogen) atoms. The predicted octanol–water partition coefficient (Wildman–Crippen LogP) is 1.53. The largest absolute Gasteiger partial charge is 0.391 e. The first-order valence-electron chi connectivity index (χ1n) is 5.61. The van der Waals surface area contributed by atoms with Gasteiger partial charge in [0.15, 0.2) is 0 Å². The SMILES string of the molecule is Cc1csc(CCNS(=O)(=O)c2ccsc2CO)n1. The van der Waals surface area contributed by atoms with Crippen molar-refractivity contribution in [2.75, 3.05) is 6.54 Å². The zero-order chi connectivity index (χ0) is 13.9. The van der Waals surface area contributed by atoms with Crippen LogP contribution in [0.3, 0.4) is 0 Å². The van der Waals surface area contributed by atoms with Crippen molar-refractivity contribution in [3.05, 3.63) is 32.4 Å². The molecule has 2 rings (SSSR count). The summed E-state index contributed by atoms with van der Waals surface area (Å²) in [6.07, 6.45) is 0.566. The molecule has 0 bridgehead atoms. The maximum atomic E-state index is 12.0. The third-order valence-corrected chi connectivity index (χ3v) is 6.04. The van der Waals surface area contributed by atoms with Gasteiger partial charge < -0.3 is 5.11 Å². The average Bonchev–Trinajstić information content (AvgIpc) is 2.97. The van der Waals surface area contributed by atoms with Crippen molar-refractivity contribution >= 4 is 32.7 Å². The number of nitrogens with one attached hydrogen (secondary N) is 1. The number of aliphatic hydroxyl groups excluding tert-OH is 1. The third-order valence-electron chi connectivity index (χ3n) is 2.44. The molecule has 5 nitrogen and oxygen atoms in total. The zero-order valence-electron chi connectivity index (χ0n) is 10.3. The smallest absolute Gasteiger partial charge is 0.241 e. The highest BCUT2D eigenvalue weighted by atomic mass is 32.2. The molecule has 2 N–H and O–H groups in total. The van der Waals surface area contributed by atoms with Crippen molar-refractivity contribution in [3.63, 3.8) is 0 Å². The Kier molecular flexibility index (Phi) is 4.69. The number of nitrogens with zero attached hydrogens (tertiary/aromatic N) is 1. The fourth-order valence-electron chi connectivity index (χ4n) is 1.57. The van der Waals surface area contributed by atoms with Crippen molar-refractivity contribution in [2.24, 2.45) is 0 Å². The first-order chi connectivity index (χ1) is 9.03. The molecule has 0 aliphatic heterocycles. The van der Waals surface area contributed by atoms with E-state index in [1.165, 1.54) is 28.7 Å². The average molecular weight is 318 g/mol. The standard InChI is InChI=1S/C11H14N2O3S3/c1-8-7-18-11(13-8)2-4-12-19(15,16)10-3-5-17-9(10)6-14/h3,5,7,12,14H,2,4,6H2,1H3. The lowest BCUT2D eigenvalue weighted by molar-refractivity contribution is 0.282. The summed E-state index contributed by atoms with van der Waals surface area (Å²) in [7, 11) is -3.55. The molecule has 0 amide bonds. The van der Waals surface area contributed by atoms with Gasteiger partial charge in [-0.25, -0.2) is 18.1 Å². The van der Waals surface area contributed by atoms with Gasteiger partial charge in [-0.05, 0) is 18.4 Å². The van der Waals surface area contributed by atoms with Crippen LogP contribution in [0.25, 0.3) is 0 Å². The van der Waals surface area contributed by atoms with E-state index >= 15 is 0 Å². The van der Waals surface area contributed by atoms with Crippen molar-refractivity contribution in [1.29, 1.82) is 0 Å². The van der Waals surface area contributed by atoms with E-state index < -0.39 is 10.0 Å². The number of thiazole rings is 1. The van der Waals surface area contributed by atoms with E-state index in [4.69, 9.17) is 5.11 Å². The molecule has 0 fully saturated rings. The molecule has 0 spiro atoms. The number of aliphatic hydroxyl groups is 1. The second-order valence-electron chi connectivity index (χ2n) is 3.90. The number of aromatic nitrogens is 1. The molecular formula is C11H14N2O3S3. The molecule has 2 aromatic rings. The van der Waals surface area contributed by atoms with E-state index in [-0.39, 0.29) is 11.5 Å². The molecule has 2 aromatic heterocycles. The molecule has 104 valence electrons. The van der Waals surface area contributed by atoms with Crippen LogP contribution in [-0.4, -0.2) is 25.1 Å². The van der Waals surface area contributed by atoms with Gasteiger partial charge in [0.05, 0.1) is 16.5 Å². The van der Waals surface area contributed by atoms with Crippen LogP contribution in [0, 0.1) is 6.92 Å². The summed E-state index contributed by atoms with van der Waals surface area (Å²) in [5.41, 5.74) is 0.947. The van der Waals surface area contributed by atoms with Crippen molar-refractivity contribution in [3.8, 4) is 0 Å².